The Morgan fingerprint density at radius 1 is 1.04 bits per heavy atom. The third-order valence-electron chi connectivity index (χ3n) is 2.57. The zero-order valence-corrected chi connectivity index (χ0v) is 11.3. The van der Waals surface area contributed by atoms with Gasteiger partial charge in [-0.15, -0.1) is 0 Å². The van der Waals surface area contributed by atoms with E-state index in [0.717, 1.165) is 0 Å². The fourth-order valence-electron chi connectivity index (χ4n) is 1.33. The molecule has 0 aliphatic rings. The summed E-state index contributed by atoms with van der Waals surface area (Å²) in [6.45, 7) is 0. The summed E-state index contributed by atoms with van der Waals surface area (Å²) in [5.74, 6) is -6.92. The number of hydrogen-bond acceptors (Lipinski definition) is 5. The van der Waals surface area contributed by atoms with Gasteiger partial charge >= 0.3 is 17.4 Å². The first-order chi connectivity index (χ1) is 10.1. The third kappa shape index (κ3) is 2.77. The molecule has 0 aromatic heterocycles. The van der Waals surface area contributed by atoms with E-state index in [4.69, 9.17) is 5.73 Å². The van der Waals surface area contributed by atoms with Crippen molar-refractivity contribution in [2.24, 2.45) is 0 Å². The fraction of sp³-hybridized carbons (Fsp3) is 0.333. The van der Waals surface area contributed by atoms with E-state index in [-0.39, 0.29) is 12.1 Å². The highest BCUT2D eigenvalue weighted by Crippen LogP contribution is 2.51. The van der Waals surface area contributed by atoms with Gasteiger partial charge in [0.15, 0.2) is 0 Å². The van der Waals surface area contributed by atoms with E-state index >= 15 is 0 Å². The first-order valence-corrected chi connectivity index (χ1v) is 6.66. The van der Waals surface area contributed by atoms with Crippen LogP contribution in [0.1, 0.15) is 0 Å². The Bertz CT molecular complexity index is 745. The van der Waals surface area contributed by atoms with Crippen LogP contribution in [0, 0.1) is 10.1 Å². The summed E-state index contributed by atoms with van der Waals surface area (Å²) in [7, 11) is -6.62. The second-order valence-electron chi connectivity index (χ2n) is 4.07. The molecule has 130 valence electrons. The molecular weight excluding hydrogens is 365 g/mol. The maximum absolute atomic E-state index is 13.3. The first kappa shape index (κ1) is 18.9. The molecule has 1 aromatic rings. The molecule has 2 N–H and O–H groups in total. The fourth-order valence-corrected chi connectivity index (χ4v) is 2.59. The Morgan fingerprint density at radius 3 is 1.91 bits per heavy atom. The summed E-state index contributed by atoms with van der Waals surface area (Å²) in [5.41, 5.74) is 3.08. The van der Waals surface area contributed by atoms with Crippen LogP contribution >= 0.6 is 0 Å². The molecular formula is C9H5F7N2O4S. The van der Waals surface area contributed by atoms with Crippen LogP contribution in [0.5, 0.6) is 0 Å². The molecule has 0 heterocycles. The lowest BCUT2D eigenvalue weighted by atomic mass is 10.3. The van der Waals surface area contributed by atoms with E-state index in [2.05, 4.69) is 0 Å². The molecule has 1 aromatic carbocycles. The lowest BCUT2D eigenvalue weighted by molar-refractivity contribution is -0.384. The Hall–Kier alpha value is -2.12. The molecule has 0 spiro atoms. The molecule has 0 bridgehead atoms. The lowest BCUT2D eigenvalue weighted by Gasteiger charge is -2.27. The Balaban J connectivity index is 3.60. The van der Waals surface area contributed by atoms with Crippen molar-refractivity contribution in [3.63, 3.8) is 0 Å². The van der Waals surface area contributed by atoms with Crippen LogP contribution in [0.3, 0.4) is 0 Å². The molecule has 0 aliphatic carbocycles. The first-order valence-electron chi connectivity index (χ1n) is 5.18. The van der Waals surface area contributed by atoms with Gasteiger partial charge in [-0.05, 0) is 12.1 Å². The highest BCUT2D eigenvalue weighted by Gasteiger charge is 2.78. The second-order valence-corrected chi connectivity index (χ2v) is 6.06. The average molecular weight is 370 g/mol. The van der Waals surface area contributed by atoms with Gasteiger partial charge < -0.3 is 5.73 Å². The van der Waals surface area contributed by atoms with E-state index in [0.29, 0.717) is 6.07 Å². The molecule has 0 amide bonds. The van der Waals surface area contributed by atoms with E-state index in [9.17, 15) is 49.3 Å². The van der Waals surface area contributed by atoms with Crippen LogP contribution < -0.4 is 5.73 Å². The largest absolute Gasteiger partial charge is 0.461 e. The van der Waals surface area contributed by atoms with Gasteiger partial charge in [0, 0.05) is 6.07 Å². The summed E-state index contributed by atoms with van der Waals surface area (Å²) in [4.78, 5) is 7.38. The summed E-state index contributed by atoms with van der Waals surface area (Å²) in [6.07, 6.45) is -6.87. The van der Waals surface area contributed by atoms with Gasteiger partial charge in [0.05, 0.1) is 9.82 Å². The zero-order valence-electron chi connectivity index (χ0n) is 10.4. The molecule has 1 rings (SSSR count). The molecule has 0 atom stereocenters. The molecule has 6 nitrogen and oxygen atoms in total. The predicted molar refractivity (Wildman–Crippen MR) is 60.6 cm³/mol. The van der Waals surface area contributed by atoms with Crippen molar-refractivity contribution >= 4 is 21.2 Å². The zero-order chi connectivity index (χ0) is 18.4. The monoisotopic (exact) mass is 370 g/mol. The van der Waals surface area contributed by atoms with Gasteiger partial charge in [0.1, 0.15) is 5.69 Å². The molecule has 0 aliphatic heterocycles. The number of rotatable bonds is 4. The Labute approximate surface area is 122 Å². The van der Waals surface area contributed by atoms with Crippen molar-refractivity contribution in [3.8, 4) is 0 Å². The van der Waals surface area contributed by atoms with Gasteiger partial charge in [0.2, 0.25) is 0 Å². The number of nitro groups is 1. The number of nitrogens with two attached hydrogens (primary N) is 1. The number of alkyl halides is 7. The van der Waals surface area contributed by atoms with E-state index in [1.165, 1.54) is 0 Å². The molecule has 0 radical (unpaired) electrons. The van der Waals surface area contributed by atoms with E-state index in [1.54, 1.807) is 0 Å². The van der Waals surface area contributed by atoms with Crippen LogP contribution in [0.15, 0.2) is 23.1 Å². The molecule has 0 saturated heterocycles. The van der Waals surface area contributed by atoms with Crippen LogP contribution in [0.4, 0.5) is 42.1 Å². The number of halogens is 7. The third-order valence-corrected chi connectivity index (χ3v) is 4.37. The Morgan fingerprint density at radius 2 is 1.52 bits per heavy atom. The van der Waals surface area contributed by atoms with Crippen LogP contribution in [0.2, 0.25) is 0 Å². The molecule has 0 saturated carbocycles. The van der Waals surface area contributed by atoms with Crippen molar-refractivity contribution in [2.45, 2.75) is 22.2 Å². The highest BCUT2D eigenvalue weighted by atomic mass is 32.2. The number of nitro benzene ring substituents is 1. The van der Waals surface area contributed by atoms with Gasteiger partial charge in [-0.1, -0.05) is 0 Å². The number of anilines is 1. The average Bonchev–Trinajstić information content (AvgIpc) is 2.36. The molecule has 0 fully saturated rings. The van der Waals surface area contributed by atoms with Crippen LogP contribution in [-0.2, 0) is 9.84 Å². The second kappa shape index (κ2) is 5.21. The van der Waals surface area contributed by atoms with Crippen LogP contribution in [0.25, 0.3) is 0 Å². The predicted octanol–water partition coefficient (Wildman–Crippen LogP) is 2.74. The maximum Gasteiger partial charge on any atom is 0.461 e. The van der Waals surface area contributed by atoms with Gasteiger partial charge in [-0.2, -0.15) is 30.7 Å². The minimum absolute atomic E-state index is 0.134. The Kier molecular flexibility index (Phi) is 4.29. The number of nitrogens with zero attached hydrogens (tertiary/aromatic N) is 1. The van der Waals surface area contributed by atoms with Gasteiger partial charge in [0.25, 0.3) is 15.5 Å². The topological polar surface area (TPSA) is 103 Å². The van der Waals surface area contributed by atoms with Crippen molar-refractivity contribution in [1.82, 2.24) is 0 Å². The van der Waals surface area contributed by atoms with Crippen molar-refractivity contribution < 1.29 is 44.1 Å². The molecule has 14 heteroatoms. The minimum atomic E-state index is -6.92. The smallest absolute Gasteiger partial charge is 0.393 e. The number of benzene rings is 1. The molecule has 0 unspecified atom stereocenters. The summed E-state index contributed by atoms with van der Waals surface area (Å²) in [6, 6.07) is 0.426. The summed E-state index contributed by atoms with van der Waals surface area (Å²) in [5, 5.41) is 3.93. The van der Waals surface area contributed by atoms with Crippen LogP contribution in [-0.4, -0.2) is 30.7 Å². The van der Waals surface area contributed by atoms with Crippen molar-refractivity contribution in [3.05, 3.63) is 28.3 Å². The summed E-state index contributed by atoms with van der Waals surface area (Å²) >= 11 is 0. The van der Waals surface area contributed by atoms with E-state index < -0.39 is 48.4 Å². The van der Waals surface area contributed by atoms with Gasteiger partial charge in [-0.25, -0.2) is 8.42 Å². The minimum Gasteiger partial charge on any atom is -0.393 e. The molecule has 23 heavy (non-hydrogen) atoms. The quantitative estimate of drug-likeness (QED) is 0.380. The normalized spacial score (nSPS) is 13.9. The van der Waals surface area contributed by atoms with Crippen molar-refractivity contribution in [2.75, 3.05) is 5.73 Å². The van der Waals surface area contributed by atoms with E-state index in [1.807, 2.05) is 0 Å². The standard InChI is InChI=1S/C9H5F7N2O4S/c10-7(11,8(12,13)14)9(15,16)23(21,22)4-1-2-5(17)6(3-4)18(19)20/h1-3H,17H2. The SMILES string of the molecule is Nc1ccc(S(=O)(=O)C(F)(F)C(F)(F)C(F)(F)F)cc1[N+](=O)[O-]. The maximum atomic E-state index is 13.3. The highest BCUT2D eigenvalue weighted by molar-refractivity contribution is 7.92. The summed E-state index contributed by atoms with van der Waals surface area (Å²) < 4.78 is 111. The number of nitrogen functional groups attached to an aromatic ring is 1. The van der Waals surface area contributed by atoms with Crippen molar-refractivity contribution in [1.29, 1.82) is 0 Å². The number of hydrogen-bond donors (Lipinski definition) is 1. The lowest BCUT2D eigenvalue weighted by Crippen LogP contribution is -2.55. The number of sulfone groups is 1. The van der Waals surface area contributed by atoms with Gasteiger partial charge in [-0.3, -0.25) is 10.1 Å².